The normalized spacial score (nSPS) is 18.7. The molecule has 3 heteroatoms. The van der Waals surface area contributed by atoms with Gasteiger partial charge in [-0.15, -0.1) is 0 Å². The minimum atomic E-state index is 0.975. The van der Waals surface area contributed by atoms with Crippen molar-refractivity contribution in [3.8, 4) is 0 Å². The standard InChI is InChI=1S/C7H7Br2N/c1-5-7(9)3-6(8)4-10(5)2/h3-4H,1H2,2H3. The van der Waals surface area contributed by atoms with Crippen LogP contribution in [-0.4, -0.2) is 11.9 Å². The maximum Gasteiger partial charge on any atom is 0.0475 e. The van der Waals surface area contributed by atoms with Gasteiger partial charge in [-0.3, -0.25) is 0 Å². The molecule has 0 spiro atoms. The van der Waals surface area contributed by atoms with Crippen molar-refractivity contribution in [3.63, 3.8) is 0 Å². The van der Waals surface area contributed by atoms with E-state index in [0.717, 1.165) is 14.7 Å². The van der Waals surface area contributed by atoms with Crippen LogP contribution in [0.3, 0.4) is 0 Å². The van der Waals surface area contributed by atoms with E-state index in [1.165, 1.54) is 0 Å². The molecule has 0 aromatic heterocycles. The number of halogens is 2. The van der Waals surface area contributed by atoms with Crippen molar-refractivity contribution < 1.29 is 0 Å². The van der Waals surface area contributed by atoms with E-state index < -0.39 is 0 Å². The molecule has 1 heterocycles. The molecule has 0 atom stereocenters. The number of hydrogen-bond donors (Lipinski definition) is 0. The van der Waals surface area contributed by atoms with Crippen molar-refractivity contribution in [3.05, 3.63) is 33.5 Å². The highest BCUT2D eigenvalue weighted by molar-refractivity contribution is 9.12. The molecule has 0 unspecified atom stereocenters. The van der Waals surface area contributed by atoms with Crippen molar-refractivity contribution in [1.29, 1.82) is 0 Å². The van der Waals surface area contributed by atoms with Crippen molar-refractivity contribution in [2.75, 3.05) is 7.05 Å². The Kier molecular flexibility index (Phi) is 2.36. The molecule has 1 aliphatic heterocycles. The molecule has 1 nitrogen and oxygen atoms in total. The highest BCUT2D eigenvalue weighted by Crippen LogP contribution is 2.27. The SMILES string of the molecule is C=C1C(Br)=CC(Br)=CN1C. The molecule has 1 aliphatic rings. The van der Waals surface area contributed by atoms with Gasteiger partial charge in [-0.25, -0.2) is 0 Å². The second-order valence-corrected chi connectivity index (χ2v) is 3.83. The second-order valence-electron chi connectivity index (χ2n) is 2.06. The van der Waals surface area contributed by atoms with Crippen LogP contribution >= 0.6 is 31.9 Å². The summed E-state index contributed by atoms with van der Waals surface area (Å²) in [5, 5.41) is 0. The first-order valence-corrected chi connectivity index (χ1v) is 4.36. The third-order valence-electron chi connectivity index (χ3n) is 1.28. The summed E-state index contributed by atoms with van der Waals surface area (Å²) in [4.78, 5) is 1.95. The van der Waals surface area contributed by atoms with Gasteiger partial charge >= 0.3 is 0 Å². The van der Waals surface area contributed by atoms with Crippen molar-refractivity contribution in [2.24, 2.45) is 0 Å². The summed E-state index contributed by atoms with van der Waals surface area (Å²) in [5.74, 6) is 0. The summed E-state index contributed by atoms with van der Waals surface area (Å²) < 4.78 is 2.07. The largest absolute Gasteiger partial charge is 0.349 e. The van der Waals surface area contributed by atoms with Gasteiger partial charge in [0.05, 0.1) is 0 Å². The van der Waals surface area contributed by atoms with Gasteiger partial charge in [-0.1, -0.05) is 6.58 Å². The van der Waals surface area contributed by atoms with Crippen LogP contribution in [0.1, 0.15) is 0 Å². The van der Waals surface area contributed by atoms with Crippen LogP contribution in [-0.2, 0) is 0 Å². The Balaban J connectivity index is 2.95. The van der Waals surface area contributed by atoms with Crippen LogP contribution < -0.4 is 0 Å². The minimum Gasteiger partial charge on any atom is -0.349 e. The zero-order valence-corrected chi connectivity index (χ0v) is 8.74. The summed E-state index contributed by atoms with van der Waals surface area (Å²) in [6.45, 7) is 3.86. The number of likely N-dealkylation sites (N-methyl/N-ethyl adjacent to an activating group) is 1. The van der Waals surface area contributed by atoms with Crippen molar-refractivity contribution in [1.82, 2.24) is 4.90 Å². The first-order valence-electron chi connectivity index (χ1n) is 2.78. The lowest BCUT2D eigenvalue weighted by Crippen LogP contribution is -2.12. The molecule has 0 aromatic rings. The quantitative estimate of drug-likeness (QED) is 0.650. The third-order valence-corrected chi connectivity index (χ3v) is 2.40. The van der Waals surface area contributed by atoms with E-state index in [1.54, 1.807) is 0 Å². The smallest absolute Gasteiger partial charge is 0.0475 e. The van der Waals surface area contributed by atoms with Crippen LogP contribution in [0, 0.1) is 0 Å². The van der Waals surface area contributed by atoms with Crippen LogP contribution in [0.2, 0.25) is 0 Å². The molecule has 0 aliphatic carbocycles. The minimum absolute atomic E-state index is 0.975. The average Bonchev–Trinajstić information content (AvgIpc) is 1.82. The molecule has 0 N–H and O–H groups in total. The summed E-state index contributed by atoms with van der Waals surface area (Å²) in [7, 11) is 1.96. The molecular formula is C7H7Br2N. The summed E-state index contributed by atoms with van der Waals surface area (Å²) >= 11 is 6.75. The Bertz CT molecular complexity index is 228. The molecule has 1 rings (SSSR count). The lowest BCUT2D eigenvalue weighted by Gasteiger charge is -2.20. The van der Waals surface area contributed by atoms with Gasteiger partial charge in [0, 0.05) is 27.9 Å². The molecular weight excluding hydrogens is 258 g/mol. The van der Waals surface area contributed by atoms with Gasteiger partial charge in [0.25, 0.3) is 0 Å². The predicted molar refractivity (Wildman–Crippen MR) is 50.9 cm³/mol. The van der Waals surface area contributed by atoms with E-state index in [-0.39, 0.29) is 0 Å². The van der Waals surface area contributed by atoms with Gasteiger partial charge in [0.15, 0.2) is 0 Å². The highest BCUT2D eigenvalue weighted by Gasteiger charge is 2.08. The van der Waals surface area contributed by atoms with Crippen molar-refractivity contribution >= 4 is 31.9 Å². The van der Waals surface area contributed by atoms with Gasteiger partial charge in [0.1, 0.15) is 0 Å². The topological polar surface area (TPSA) is 3.24 Å². The Morgan fingerprint density at radius 1 is 1.50 bits per heavy atom. The third kappa shape index (κ3) is 1.52. The molecule has 0 saturated heterocycles. The van der Waals surface area contributed by atoms with E-state index in [1.807, 2.05) is 24.2 Å². The van der Waals surface area contributed by atoms with E-state index in [4.69, 9.17) is 0 Å². The monoisotopic (exact) mass is 263 g/mol. The fraction of sp³-hybridized carbons (Fsp3) is 0.143. The van der Waals surface area contributed by atoms with E-state index in [9.17, 15) is 0 Å². The predicted octanol–water partition coefficient (Wildman–Crippen LogP) is 2.96. The number of rotatable bonds is 0. The Labute approximate surface area is 77.3 Å². The van der Waals surface area contributed by atoms with Gasteiger partial charge in [-0.05, 0) is 37.9 Å². The highest BCUT2D eigenvalue weighted by atomic mass is 79.9. The average molecular weight is 265 g/mol. The Morgan fingerprint density at radius 3 is 2.60 bits per heavy atom. The number of allylic oxidation sites excluding steroid dienone is 3. The molecule has 0 bridgehead atoms. The molecule has 0 fully saturated rings. The fourth-order valence-electron chi connectivity index (χ4n) is 0.673. The molecule has 54 valence electrons. The molecule has 0 aromatic carbocycles. The Hall–Kier alpha value is -0.0200. The summed E-state index contributed by atoms with van der Waals surface area (Å²) in [6.07, 6.45) is 3.94. The van der Waals surface area contributed by atoms with Gasteiger partial charge in [0.2, 0.25) is 0 Å². The molecule has 0 saturated carbocycles. The van der Waals surface area contributed by atoms with Crippen molar-refractivity contribution in [2.45, 2.75) is 0 Å². The van der Waals surface area contributed by atoms with Crippen LogP contribution in [0.15, 0.2) is 33.5 Å². The second kappa shape index (κ2) is 2.93. The maximum absolute atomic E-state index is 3.86. The molecule has 0 amide bonds. The van der Waals surface area contributed by atoms with E-state index in [0.29, 0.717) is 0 Å². The lowest BCUT2D eigenvalue weighted by molar-refractivity contribution is 0.583. The zero-order chi connectivity index (χ0) is 7.72. The summed E-state index contributed by atoms with van der Waals surface area (Å²) in [6, 6.07) is 0. The lowest BCUT2D eigenvalue weighted by atomic mass is 10.3. The van der Waals surface area contributed by atoms with Gasteiger partial charge in [-0.2, -0.15) is 0 Å². The van der Waals surface area contributed by atoms with Crippen LogP contribution in [0.5, 0.6) is 0 Å². The van der Waals surface area contributed by atoms with E-state index >= 15 is 0 Å². The van der Waals surface area contributed by atoms with Crippen LogP contribution in [0.25, 0.3) is 0 Å². The van der Waals surface area contributed by atoms with Gasteiger partial charge < -0.3 is 4.90 Å². The fourth-order valence-corrected chi connectivity index (χ4v) is 2.04. The molecule has 10 heavy (non-hydrogen) atoms. The molecule has 0 radical (unpaired) electrons. The zero-order valence-electron chi connectivity index (χ0n) is 5.56. The number of nitrogens with zero attached hydrogens (tertiary/aromatic N) is 1. The maximum atomic E-state index is 3.86. The van der Waals surface area contributed by atoms with E-state index in [2.05, 4.69) is 38.4 Å². The Morgan fingerprint density at radius 2 is 2.10 bits per heavy atom. The van der Waals surface area contributed by atoms with Crippen LogP contribution in [0.4, 0.5) is 0 Å². The summed E-state index contributed by atoms with van der Waals surface area (Å²) in [5.41, 5.74) is 0.975. The first-order chi connectivity index (χ1) is 4.61. The first kappa shape index (κ1) is 8.08. The number of hydrogen-bond acceptors (Lipinski definition) is 1.